The Morgan fingerprint density at radius 3 is 1.06 bits per heavy atom. The second-order valence-electron chi connectivity index (χ2n) is 17.3. The van der Waals surface area contributed by atoms with Crippen LogP contribution in [0, 0.1) is 25.7 Å². The Morgan fingerprint density at radius 1 is 0.532 bits per heavy atom. The van der Waals surface area contributed by atoms with Gasteiger partial charge in [0, 0.05) is 0 Å². The van der Waals surface area contributed by atoms with Gasteiger partial charge in [0.15, 0.2) is 0 Å². The van der Waals surface area contributed by atoms with Crippen LogP contribution < -0.4 is 0 Å². The molecule has 4 unspecified atom stereocenters. The molecule has 335 valence electrons. The number of alkyl halides is 12. The van der Waals surface area contributed by atoms with Gasteiger partial charge in [-0.2, -0.15) is 0 Å². The summed E-state index contributed by atoms with van der Waals surface area (Å²) in [6.45, 7) is 15.0. The zero-order valence-electron chi connectivity index (χ0n) is 35.0. The van der Waals surface area contributed by atoms with E-state index in [-0.39, 0.29) is 46.2 Å². The minimum atomic E-state index is -5.86. The molecule has 6 rings (SSSR count). The molecule has 0 N–H and O–H groups in total. The minimum absolute atomic E-state index is 0.0865. The van der Waals surface area contributed by atoms with Crippen LogP contribution in [0.4, 0.5) is 52.7 Å². The SMILES string of the molecule is CCC(C)C1=Cc2c(ccc(C)c2-c2cc(C(F)(F)F)cc(C(F)(F)F)c2)[CH]1[Zr]([Cl])([Cl])([CH]1C(C(C)CC)=Cc2c1ccc(C)c2-c1cc(C(F)(F)F)cc(C(F)(F)F)c1)[SiH](C)C. The first-order valence-corrected chi connectivity index (χ1v) is 36.5. The van der Waals surface area contributed by atoms with Crippen molar-refractivity contribution in [2.45, 2.75) is 99.4 Å². The van der Waals surface area contributed by atoms with Gasteiger partial charge in [-0.1, -0.05) is 0 Å². The molecule has 16 heteroatoms. The predicted molar refractivity (Wildman–Crippen MR) is 224 cm³/mol. The van der Waals surface area contributed by atoms with Crippen LogP contribution in [-0.2, 0) is 40.3 Å². The van der Waals surface area contributed by atoms with Crippen molar-refractivity contribution in [2.75, 3.05) is 0 Å². The Morgan fingerprint density at radius 2 is 0.823 bits per heavy atom. The molecule has 0 saturated heterocycles. The van der Waals surface area contributed by atoms with Gasteiger partial charge in [0.1, 0.15) is 0 Å². The van der Waals surface area contributed by atoms with Gasteiger partial charge in [0.25, 0.3) is 0 Å². The number of aryl methyl sites for hydroxylation is 2. The van der Waals surface area contributed by atoms with Gasteiger partial charge >= 0.3 is 364 Å². The van der Waals surface area contributed by atoms with Crippen molar-refractivity contribution >= 4 is 35.1 Å². The van der Waals surface area contributed by atoms with Crippen molar-refractivity contribution in [2.24, 2.45) is 11.8 Å². The molecule has 2 aliphatic carbocycles. The van der Waals surface area contributed by atoms with Crippen molar-refractivity contribution in [1.82, 2.24) is 0 Å². The first-order chi connectivity index (χ1) is 28.4. The third-order valence-corrected chi connectivity index (χ3v) is 64.9. The average Bonchev–Trinajstić information content (AvgIpc) is 3.76. The third kappa shape index (κ3) is 8.34. The number of benzene rings is 4. The van der Waals surface area contributed by atoms with E-state index < -0.39 is 75.7 Å². The summed E-state index contributed by atoms with van der Waals surface area (Å²) in [7, 11) is 17.1. The molecule has 4 atom stereocenters. The third-order valence-electron chi connectivity index (χ3n) is 13.2. The van der Waals surface area contributed by atoms with Crippen LogP contribution in [0.15, 0.2) is 71.8 Å². The maximum absolute atomic E-state index is 14.2. The van der Waals surface area contributed by atoms with E-state index in [1.807, 2.05) is 52.9 Å². The number of hydrogen-bond donors (Lipinski definition) is 0. The van der Waals surface area contributed by atoms with Gasteiger partial charge in [-0.15, -0.1) is 0 Å². The van der Waals surface area contributed by atoms with Gasteiger partial charge in [0.2, 0.25) is 0 Å². The molecule has 0 nitrogen and oxygen atoms in total. The summed E-state index contributed by atoms with van der Waals surface area (Å²) in [5, 5.41) is 0. The van der Waals surface area contributed by atoms with Crippen molar-refractivity contribution in [3.63, 3.8) is 0 Å². The zero-order valence-corrected chi connectivity index (χ0v) is 40.1. The summed E-state index contributed by atoms with van der Waals surface area (Å²) in [6.07, 6.45) is -15.6. The molecular formula is C46H45Cl2F12SiZr. The Balaban J connectivity index is 1.70. The fourth-order valence-electron chi connectivity index (χ4n) is 9.52. The Kier molecular flexibility index (Phi) is 12.8. The first-order valence-electron chi connectivity index (χ1n) is 20.2. The molecule has 0 heterocycles. The summed E-state index contributed by atoms with van der Waals surface area (Å²) >= 11 is -5.86. The van der Waals surface area contributed by atoms with Crippen LogP contribution in [0.1, 0.15) is 103 Å². The molecule has 0 amide bonds. The van der Waals surface area contributed by atoms with E-state index in [4.69, 9.17) is 17.0 Å². The second kappa shape index (κ2) is 16.3. The van der Waals surface area contributed by atoms with Crippen LogP contribution in [0.3, 0.4) is 0 Å². The van der Waals surface area contributed by atoms with Crippen molar-refractivity contribution in [3.8, 4) is 22.3 Å². The fourth-order valence-corrected chi connectivity index (χ4v) is 40.8. The van der Waals surface area contributed by atoms with E-state index >= 15 is 0 Å². The van der Waals surface area contributed by atoms with Crippen molar-refractivity contribution < 1.29 is 68.2 Å². The van der Waals surface area contributed by atoms with Crippen LogP contribution in [0.25, 0.3) is 34.4 Å². The number of rotatable bonds is 9. The molecule has 0 aromatic heterocycles. The van der Waals surface area contributed by atoms with E-state index in [1.165, 1.54) is 0 Å². The molecule has 0 fully saturated rings. The molecule has 0 spiro atoms. The Labute approximate surface area is 362 Å². The molecule has 0 bridgehead atoms. The fraction of sp³-hybridized carbons (Fsp3) is 0.391. The quantitative estimate of drug-likeness (QED) is 0.116. The number of halogens is 14. The first kappa shape index (κ1) is 48.7. The van der Waals surface area contributed by atoms with E-state index in [2.05, 4.69) is 0 Å². The second-order valence-corrected chi connectivity index (χ2v) is 59.8. The Hall–Kier alpha value is -2.80. The van der Waals surface area contributed by atoms with Crippen LogP contribution in [-0.4, -0.2) is 5.92 Å². The predicted octanol–water partition coefficient (Wildman–Crippen LogP) is 17.4. The Bertz CT molecular complexity index is 2260. The summed E-state index contributed by atoms with van der Waals surface area (Å²) in [6, 6.07) is 9.91. The number of allylic oxidation sites excluding steroid dienone is 2. The van der Waals surface area contributed by atoms with E-state index in [9.17, 15) is 52.7 Å². The normalized spacial score (nSPS) is 18.9. The molecule has 62 heavy (non-hydrogen) atoms. The van der Waals surface area contributed by atoms with Crippen LogP contribution in [0.5, 0.6) is 0 Å². The monoisotopic (exact) mass is 1010 g/mol. The molecule has 0 saturated carbocycles. The van der Waals surface area contributed by atoms with Crippen LogP contribution in [0.2, 0.25) is 13.1 Å². The molecular weight excluding hydrogens is 971 g/mol. The molecule has 0 aliphatic heterocycles. The molecule has 0 radical (unpaired) electrons. The number of fused-ring (bicyclic) bond motifs is 2. The van der Waals surface area contributed by atoms with Gasteiger partial charge in [-0.3, -0.25) is 0 Å². The molecule has 4 aromatic rings. The topological polar surface area (TPSA) is 0 Å². The zero-order chi connectivity index (χ0) is 46.5. The van der Waals surface area contributed by atoms with E-state index in [1.54, 1.807) is 38.1 Å². The average molecular weight is 1020 g/mol. The number of hydrogen-bond acceptors (Lipinski definition) is 0. The standard InChI is InChI=1S/2C22H19F6.C2H7Si.2ClH.Zr/c2*1-4-12(2)15-7-14-6-5-13(3)20(19(14)10-15)16-8-17(21(23,24)25)11-18(9-16)22(26,27)28;1-3-2;;;/h2*5-12H,4H2,1-3H3;3H,1-2H3;2*1H;/q;;;;;+2/p-2. The van der Waals surface area contributed by atoms with Gasteiger partial charge in [-0.25, -0.2) is 0 Å². The van der Waals surface area contributed by atoms with Gasteiger partial charge < -0.3 is 0 Å². The summed E-state index contributed by atoms with van der Waals surface area (Å²) in [5.74, 6) is -2.82. The van der Waals surface area contributed by atoms with Crippen molar-refractivity contribution in [3.05, 3.63) is 127 Å². The molecule has 4 aromatic carbocycles. The summed E-state index contributed by atoms with van der Waals surface area (Å²) in [4.78, 5) is 0. The van der Waals surface area contributed by atoms with Crippen molar-refractivity contribution in [1.29, 1.82) is 0 Å². The van der Waals surface area contributed by atoms with Gasteiger partial charge in [0.05, 0.1) is 0 Å². The van der Waals surface area contributed by atoms with E-state index in [0.29, 0.717) is 70.5 Å². The van der Waals surface area contributed by atoms with E-state index in [0.717, 1.165) is 11.1 Å². The van der Waals surface area contributed by atoms with Crippen LogP contribution >= 0.6 is 17.0 Å². The molecule has 2 aliphatic rings. The summed E-state index contributed by atoms with van der Waals surface area (Å²) in [5.41, 5.74) is -1.71. The maximum atomic E-state index is 14.2. The summed E-state index contributed by atoms with van der Waals surface area (Å²) < 4.78 is 169. The van der Waals surface area contributed by atoms with Gasteiger partial charge in [-0.05, 0) is 0 Å².